The van der Waals surface area contributed by atoms with Crippen molar-refractivity contribution in [2.75, 3.05) is 20.3 Å². The number of ether oxygens (including phenoxy) is 1. The molecule has 0 aliphatic heterocycles. The number of hydrogen-bond donors (Lipinski definition) is 2. The van der Waals surface area contributed by atoms with Gasteiger partial charge in [0.1, 0.15) is 0 Å². The molecule has 0 spiro atoms. The van der Waals surface area contributed by atoms with Crippen molar-refractivity contribution < 1.29 is 23.1 Å². The zero-order chi connectivity index (χ0) is 23.5. The number of aromatic amines is 1. The van der Waals surface area contributed by atoms with Gasteiger partial charge in [-0.3, -0.25) is 4.79 Å². The van der Waals surface area contributed by atoms with Crippen molar-refractivity contribution in [2.24, 2.45) is 0 Å². The molecule has 0 fully saturated rings. The molecular formula is C23H26N2O6S. The van der Waals surface area contributed by atoms with Crippen molar-refractivity contribution in [3.05, 3.63) is 75.1 Å². The average Bonchev–Trinajstić information content (AvgIpc) is 2.76. The highest BCUT2D eigenvalue weighted by Gasteiger charge is 2.29. The largest absolute Gasteiger partial charge is 0.465 e. The van der Waals surface area contributed by atoms with Crippen LogP contribution in [0.25, 0.3) is 10.9 Å². The Balaban J connectivity index is 2.09. The van der Waals surface area contributed by atoms with E-state index < -0.39 is 21.6 Å². The Labute approximate surface area is 186 Å². The number of H-pyrrole nitrogens is 1. The first-order valence-corrected chi connectivity index (χ1v) is 11.5. The van der Waals surface area contributed by atoms with Crippen LogP contribution < -0.4 is 5.56 Å². The molecule has 0 radical (unpaired) electrons. The molecule has 0 saturated heterocycles. The Bertz CT molecular complexity index is 1310. The smallest absolute Gasteiger partial charge is 0.339 e. The van der Waals surface area contributed by atoms with Crippen molar-refractivity contribution in [2.45, 2.75) is 31.7 Å². The minimum Gasteiger partial charge on any atom is -0.465 e. The molecule has 1 aromatic heterocycles. The summed E-state index contributed by atoms with van der Waals surface area (Å²) in [5, 5.41) is 10.1. The van der Waals surface area contributed by atoms with Crippen molar-refractivity contribution in [1.29, 1.82) is 0 Å². The van der Waals surface area contributed by atoms with Gasteiger partial charge in [-0.2, -0.15) is 4.31 Å². The van der Waals surface area contributed by atoms with Gasteiger partial charge in [0.25, 0.3) is 5.56 Å². The highest BCUT2D eigenvalue weighted by atomic mass is 32.2. The van der Waals surface area contributed by atoms with E-state index in [-0.39, 0.29) is 42.1 Å². The summed E-state index contributed by atoms with van der Waals surface area (Å²) in [6, 6.07) is 11.3. The summed E-state index contributed by atoms with van der Waals surface area (Å²) in [6.07, 6.45) is 0.170. The van der Waals surface area contributed by atoms with Crippen molar-refractivity contribution in [1.82, 2.24) is 9.29 Å². The highest BCUT2D eigenvalue weighted by Crippen LogP contribution is 2.24. The average molecular weight is 459 g/mol. The third kappa shape index (κ3) is 4.74. The van der Waals surface area contributed by atoms with E-state index in [2.05, 4.69) is 4.98 Å². The second kappa shape index (κ2) is 9.64. The van der Waals surface area contributed by atoms with Crippen LogP contribution in [0.5, 0.6) is 0 Å². The first-order valence-electron chi connectivity index (χ1n) is 10.1. The van der Waals surface area contributed by atoms with Crippen LogP contribution in [0, 0.1) is 13.8 Å². The molecule has 1 heterocycles. The summed E-state index contributed by atoms with van der Waals surface area (Å²) in [5.74, 6) is -0.777. The van der Waals surface area contributed by atoms with Crippen molar-refractivity contribution in [3.63, 3.8) is 0 Å². The first-order chi connectivity index (χ1) is 15.2. The number of rotatable bonds is 8. The number of sulfonamides is 1. The molecule has 0 aliphatic carbocycles. The van der Waals surface area contributed by atoms with Crippen LogP contribution in [0.3, 0.4) is 0 Å². The lowest BCUT2D eigenvalue weighted by Crippen LogP contribution is -2.35. The Hall–Kier alpha value is -3.01. The van der Waals surface area contributed by atoms with Gasteiger partial charge >= 0.3 is 5.97 Å². The lowest BCUT2D eigenvalue weighted by atomic mass is 10.0. The van der Waals surface area contributed by atoms with Gasteiger partial charge in [-0.15, -0.1) is 0 Å². The van der Waals surface area contributed by atoms with Gasteiger partial charge in [0.2, 0.25) is 10.0 Å². The second-order valence-corrected chi connectivity index (χ2v) is 9.48. The molecule has 3 aromatic rings. The molecule has 32 heavy (non-hydrogen) atoms. The number of aryl methyl sites for hydroxylation is 2. The number of carbonyl (C=O) groups excluding carboxylic acids is 1. The quantitative estimate of drug-likeness (QED) is 0.501. The number of carbonyl (C=O) groups is 1. The number of fused-ring (bicyclic) bond motifs is 1. The molecule has 2 aromatic carbocycles. The van der Waals surface area contributed by atoms with E-state index in [9.17, 15) is 23.1 Å². The molecular weight excluding hydrogens is 432 g/mol. The van der Waals surface area contributed by atoms with Crippen LogP contribution in [0.4, 0.5) is 0 Å². The highest BCUT2D eigenvalue weighted by molar-refractivity contribution is 7.89. The number of hydrogen-bond acceptors (Lipinski definition) is 6. The molecule has 0 atom stereocenters. The first kappa shape index (κ1) is 23.6. The topological polar surface area (TPSA) is 117 Å². The molecule has 8 nitrogen and oxygen atoms in total. The summed E-state index contributed by atoms with van der Waals surface area (Å²) in [5.41, 5.74) is 2.41. The summed E-state index contributed by atoms with van der Waals surface area (Å²) >= 11 is 0. The van der Waals surface area contributed by atoms with Crippen LogP contribution in [0.15, 0.2) is 52.2 Å². The van der Waals surface area contributed by atoms with Crippen LogP contribution in [0.1, 0.15) is 33.5 Å². The maximum absolute atomic E-state index is 13.5. The van der Waals surface area contributed by atoms with E-state index in [1.165, 1.54) is 25.3 Å². The lowest BCUT2D eigenvalue weighted by Gasteiger charge is -2.23. The standard InChI is InChI=1S/C23H26N2O6S/c1-15-11-16(2)19-13-17(22(27)24-20(19)12-15)14-25(9-6-10-26)32(29,30)21-8-5-4-7-18(21)23(28)31-3/h4-5,7-8,11-13,26H,6,9-10,14H2,1-3H3,(H,24,27). The molecule has 0 unspecified atom stereocenters. The fourth-order valence-corrected chi connectivity index (χ4v) is 5.30. The predicted octanol–water partition coefficient (Wildman–Crippen LogP) is 2.50. The molecule has 170 valence electrons. The molecule has 0 aliphatic rings. The predicted molar refractivity (Wildman–Crippen MR) is 121 cm³/mol. The Kier molecular flexibility index (Phi) is 7.12. The number of aliphatic hydroxyl groups is 1. The van der Waals surface area contributed by atoms with Crippen molar-refractivity contribution >= 4 is 26.9 Å². The summed E-state index contributed by atoms with van der Waals surface area (Å²) in [6.45, 7) is 3.39. The van der Waals surface area contributed by atoms with Crippen LogP contribution >= 0.6 is 0 Å². The molecule has 9 heteroatoms. The summed E-state index contributed by atoms with van der Waals surface area (Å²) in [7, 11) is -3.00. The van der Waals surface area contributed by atoms with Gasteiger partial charge in [0.05, 0.1) is 17.6 Å². The molecule has 0 amide bonds. The van der Waals surface area contributed by atoms with E-state index in [0.717, 1.165) is 20.8 Å². The normalized spacial score (nSPS) is 11.8. The van der Waals surface area contributed by atoms with Crippen molar-refractivity contribution in [3.8, 4) is 0 Å². The lowest BCUT2D eigenvalue weighted by molar-refractivity contribution is 0.0596. The number of aromatic nitrogens is 1. The van der Waals surface area contributed by atoms with E-state index in [0.29, 0.717) is 5.52 Å². The number of nitrogens with zero attached hydrogens (tertiary/aromatic N) is 1. The van der Waals surface area contributed by atoms with Gasteiger partial charge < -0.3 is 14.8 Å². The fraction of sp³-hybridized carbons (Fsp3) is 0.304. The van der Waals surface area contributed by atoms with Gasteiger partial charge in [-0.05, 0) is 55.7 Å². The molecule has 2 N–H and O–H groups in total. The van der Waals surface area contributed by atoms with E-state index in [1.807, 2.05) is 26.0 Å². The molecule has 0 bridgehead atoms. The molecule has 0 saturated carbocycles. The number of nitrogens with one attached hydrogen (secondary N) is 1. The van der Waals surface area contributed by atoms with Gasteiger partial charge in [0, 0.05) is 36.2 Å². The van der Waals surface area contributed by atoms with E-state index in [1.54, 1.807) is 12.1 Å². The third-order valence-corrected chi connectivity index (χ3v) is 7.12. The minimum absolute atomic E-state index is 0.0291. The Morgan fingerprint density at radius 3 is 2.56 bits per heavy atom. The fourth-order valence-electron chi connectivity index (χ4n) is 3.66. The Morgan fingerprint density at radius 1 is 1.16 bits per heavy atom. The number of esters is 1. The van der Waals surface area contributed by atoms with Crippen LogP contribution in [-0.2, 0) is 21.3 Å². The summed E-state index contributed by atoms with van der Waals surface area (Å²) in [4.78, 5) is 27.5. The van der Waals surface area contributed by atoms with Gasteiger partial charge in [-0.1, -0.05) is 18.2 Å². The van der Waals surface area contributed by atoms with Crippen LogP contribution in [0.2, 0.25) is 0 Å². The monoisotopic (exact) mass is 458 g/mol. The number of aliphatic hydroxyl groups excluding tert-OH is 1. The number of pyridine rings is 1. The van der Waals surface area contributed by atoms with Gasteiger partial charge in [-0.25, -0.2) is 13.2 Å². The third-order valence-electron chi connectivity index (χ3n) is 5.21. The molecule has 3 rings (SSSR count). The minimum atomic E-state index is -4.18. The SMILES string of the molecule is COC(=O)c1ccccc1S(=O)(=O)N(CCCO)Cc1cc2c(C)cc(C)cc2[nH]c1=O. The zero-order valence-corrected chi connectivity index (χ0v) is 19.0. The van der Waals surface area contributed by atoms with Crippen LogP contribution in [-0.4, -0.2) is 49.0 Å². The zero-order valence-electron chi connectivity index (χ0n) is 18.2. The maximum Gasteiger partial charge on any atom is 0.339 e. The Morgan fingerprint density at radius 2 is 1.88 bits per heavy atom. The van der Waals surface area contributed by atoms with Gasteiger partial charge in [0.15, 0.2) is 0 Å². The van der Waals surface area contributed by atoms with E-state index in [4.69, 9.17) is 4.74 Å². The number of benzene rings is 2. The summed E-state index contributed by atoms with van der Waals surface area (Å²) < 4.78 is 32.8. The number of methoxy groups -OCH3 is 1. The second-order valence-electron chi connectivity index (χ2n) is 7.57. The maximum atomic E-state index is 13.5. The van der Waals surface area contributed by atoms with E-state index >= 15 is 0 Å².